The fourth-order valence-electron chi connectivity index (χ4n) is 3.48. The third-order valence-corrected chi connectivity index (χ3v) is 6.63. The van der Waals surface area contributed by atoms with Gasteiger partial charge in [0.05, 0.1) is 4.90 Å². The van der Waals surface area contributed by atoms with Gasteiger partial charge in [0.2, 0.25) is 0 Å². The second-order valence-electron chi connectivity index (χ2n) is 7.79. The summed E-state index contributed by atoms with van der Waals surface area (Å²) in [5.41, 5.74) is 1.96. The maximum absolute atomic E-state index is 12.7. The molecule has 4 rings (SSSR count). The third kappa shape index (κ3) is 5.78. The van der Waals surface area contributed by atoms with Crippen molar-refractivity contribution in [3.8, 4) is 5.75 Å². The van der Waals surface area contributed by atoms with Crippen LogP contribution >= 0.6 is 0 Å². The average molecular weight is 464 g/mol. The molecule has 1 saturated heterocycles. The van der Waals surface area contributed by atoms with Gasteiger partial charge in [-0.3, -0.25) is 4.79 Å². The van der Waals surface area contributed by atoms with Crippen molar-refractivity contribution in [2.75, 3.05) is 18.9 Å². The molecule has 0 spiro atoms. The van der Waals surface area contributed by atoms with Crippen LogP contribution in [-0.4, -0.2) is 38.7 Å². The monoisotopic (exact) mass is 463 g/mol. The van der Waals surface area contributed by atoms with Crippen LogP contribution in [0.3, 0.4) is 0 Å². The van der Waals surface area contributed by atoms with E-state index in [-0.39, 0.29) is 10.8 Å². The molecular weight excluding hydrogens is 438 g/mol. The summed E-state index contributed by atoms with van der Waals surface area (Å²) in [4.78, 5) is 14.6. The predicted molar refractivity (Wildman–Crippen MR) is 128 cm³/mol. The first-order valence-corrected chi connectivity index (χ1v) is 12.1. The van der Waals surface area contributed by atoms with E-state index in [1.165, 1.54) is 12.1 Å². The summed E-state index contributed by atoms with van der Waals surface area (Å²) in [6.07, 6.45) is 1.55. The first kappa shape index (κ1) is 22.5. The minimum atomic E-state index is -3.79. The molecule has 1 amide bonds. The van der Waals surface area contributed by atoms with E-state index in [1.807, 2.05) is 42.3 Å². The largest absolute Gasteiger partial charge is 0.489 e. The summed E-state index contributed by atoms with van der Waals surface area (Å²) >= 11 is 0. The van der Waals surface area contributed by atoms with E-state index >= 15 is 0 Å². The first-order valence-electron chi connectivity index (χ1n) is 10.6. The number of carbonyl (C=O) groups excluding carboxylic acids is 1. The van der Waals surface area contributed by atoms with E-state index in [2.05, 4.69) is 9.71 Å². The minimum Gasteiger partial charge on any atom is -0.489 e. The number of benzene rings is 3. The van der Waals surface area contributed by atoms with Crippen molar-refractivity contribution < 1.29 is 17.9 Å². The number of amidine groups is 1. The van der Waals surface area contributed by atoms with Crippen molar-refractivity contribution in [2.24, 2.45) is 4.40 Å². The zero-order valence-electron chi connectivity index (χ0n) is 18.3. The van der Waals surface area contributed by atoms with Crippen LogP contribution in [-0.2, 0) is 16.6 Å². The van der Waals surface area contributed by atoms with Gasteiger partial charge in [-0.2, -0.15) is 8.42 Å². The minimum absolute atomic E-state index is 0.0876. The molecule has 170 valence electrons. The number of likely N-dealkylation sites (tertiary alicyclic amines) is 1. The quantitative estimate of drug-likeness (QED) is 0.563. The van der Waals surface area contributed by atoms with E-state index in [0.717, 1.165) is 18.5 Å². The highest BCUT2D eigenvalue weighted by Crippen LogP contribution is 2.21. The Bertz CT molecular complexity index is 1260. The lowest BCUT2D eigenvalue weighted by atomic mass is 10.2. The molecule has 0 unspecified atom stereocenters. The van der Waals surface area contributed by atoms with Gasteiger partial charge in [-0.05, 0) is 54.4 Å². The van der Waals surface area contributed by atoms with Crippen LogP contribution in [0.4, 0.5) is 5.69 Å². The van der Waals surface area contributed by atoms with Gasteiger partial charge in [0.1, 0.15) is 18.2 Å². The standard InChI is InChI=1S/C25H25N3O4S/c1-28-16-6-11-24(28)27-33(30,31)23-14-12-21(13-15-23)26-25(29)20-9-5-10-22(17-20)32-18-19-7-3-2-4-8-19/h2-5,7-10,12-15,17H,6,11,16,18H2,1H3,(H,26,29)/b27-24-. The Morgan fingerprint density at radius 3 is 2.48 bits per heavy atom. The molecule has 1 fully saturated rings. The molecule has 33 heavy (non-hydrogen) atoms. The van der Waals surface area contributed by atoms with Gasteiger partial charge in [0, 0.05) is 31.3 Å². The van der Waals surface area contributed by atoms with E-state index in [4.69, 9.17) is 4.74 Å². The second kappa shape index (κ2) is 9.87. The Hall–Kier alpha value is -3.65. The molecule has 0 bridgehead atoms. The molecule has 3 aromatic carbocycles. The third-order valence-electron chi connectivity index (χ3n) is 5.31. The van der Waals surface area contributed by atoms with Gasteiger partial charge in [-0.25, -0.2) is 0 Å². The van der Waals surface area contributed by atoms with Crippen molar-refractivity contribution in [3.05, 3.63) is 90.0 Å². The SMILES string of the molecule is CN1CCC/C1=N/S(=O)(=O)c1ccc(NC(=O)c2cccc(OCc3ccccc3)c2)cc1. The lowest BCUT2D eigenvalue weighted by Crippen LogP contribution is -2.20. The fraction of sp³-hybridized carbons (Fsp3) is 0.200. The zero-order valence-corrected chi connectivity index (χ0v) is 19.1. The Morgan fingerprint density at radius 1 is 1.03 bits per heavy atom. The number of amides is 1. The van der Waals surface area contributed by atoms with E-state index in [9.17, 15) is 13.2 Å². The van der Waals surface area contributed by atoms with E-state index in [0.29, 0.717) is 35.9 Å². The number of hydrogen-bond donors (Lipinski definition) is 1. The highest BCUT2D eigenvalue weighted by molar-refractivity contribution is 7.90. The normalized spacial score (nSPS) is 14.9. The molecule has 0 aromatic heterocycles. The molecule has 3 aromatic rings. The molecule has 1 aliphatic rings. The molecule has 1 heterocycles. The van der Waals surface area contributed by atoms with Crippen LogP contribution in [0.5, 0.6) is 5.75 Å². The maximum atomic E-state index is 12.7. The van der Waals surface area contributed by atoms with Gasteiger partial charge in [-0.1, -0.05) is 36.4 Å². The molecule has 0 radical (unpaired) electrons. The highest BCUT2D eigenvalue weighted by Gasteiger charge is 2.20. The van der Waals surface area contributed by atoms with Gasteiger partial charge in [-0.15, -0.1) is 4.40 Å². The smallest absolute Gasteiger partial charge is 0.283 e. The Kier molecular flexibility index (Phi) is 6.74. The number of nitrogens with zero attached hydrogens (tertiary/aromatic N) is 2. The van der Waals surface area contributed by atoms with Crippen molar-refractivity contribution in [1.82, 2.24) is 4.90 Å². The van der Waals surface area contributed by atoms with Crippen LogP contribution in [0.1, 0.15) is 28.8 Å². The lowest BCUT2D eigenvalue weighted by molar-refractivity contribution is 0.102. The van der Waals surface area contributed by atoms with Gasteiger partial charge in [0.15, 0.2) is 0 Å². The number of carbonyl (C=O) groups is 1. The lowest BCUT2D eigenvalue weighted by Gasteiger charge is -2.11. The molecule has 0 aliphatic carbocycles. The average Bonchev–Trinajstić information content (AvgIpc) is 3.22. The molecule has 1 N–H and O–H groups in total. The summed E-state index contributed by atoms with van der Waals surface area (Å²) in [5.74, 6) is 0.842. The number of nitrogens with one attached hydrogen (secondary N) is 1. The van der Waals surface area contributed by atoms with Crippen LogP contribution in [0.2, 0.25) is 0 Å². The van der Waals surface area contributed by atoms with Crippen molar-refractivity contribution in [2.45, 2.75) is 24.3 Å². The van der Waals surface area contributed by atoms with Gasteiger partial charge in [0.25, 0.3) is 15.9 Å². The van der Waals surface area contributed by atoms with Crippen molar-refractivity contribution in [1.29, 1.82) is 0 Å². The zero-order chi connectivity index (χ0) is 23.3. The van der Waals surface area contributed by atoms with Gasteiger partial charge < -0.3 is 15.0 Å². The predicted octanol–water partition coefficient (Wildman–Crippen LogP) is 4.33. The first-order chi connectivity index (χ1) is 15.9. The van der Waals surface area contributed by atoms with Crippen LogP contribution in [0, 0.1) is 0 Å². The summed E-state index contributed by atoms with van der Waals surface area (Å²) < 4.78 is 34.9. The number of anilines is 1. The molecule has 8 heteroatoms. The Balaban J connectivity index is 1.40. The van der Waals surface area contributed by atoms with Crippen LogP contribution in [0.15, 0.2) is 88.2 Å². The molecule has 0 atom stereocenters. The fourth-order valence-corrected chi connectivity index (χ4v) is 4.58. The van der Waals surface area contributed by atoms with Crippen LogP contribution < -0.4 is 10.1 Å². The van der Waals surface area contributed by atoms with E-state index in [1.54, 1.807) is 36.4 Å². The summed E-state index contributed by atoms with van der Waals surface area (Å²) in [5, 5.41) is 2.78. The number of ether oxygens (including phenoxy) is 1. The number of hydrogen-bond acceptors (Lipinski definition) is 4. The summed E-state index contributed by atoms with van der Waals surface area (Å²) in [6.45, 7) is 1.21. The Labute approximate surface area is 193 Å². The molecular formula is C25H25N3O4S. The number of rotatable bonds is 7. The topological polar surface area (TPSA) is 88.1 Å². The van der Waals surface area contributed by atoms with Crippen molar-refractivity contribution >= 4 is 27.5 Å². The van der Waals surface area contributed by atoms with Crippen LogP contribution in [0.25, 0.3) is 0 Å². The summed E-state index contributed by atoms with van der Waals surface area (Å²) in [7, 11) is -1.96. The molecule has 1 aliphatic heterocycles. The van der Waals surface area contributed by atoms with Crippen molar-refractivity contribution in [3.63, 3.8) is 0 Å². The second-order valence-corrected chi connectivity index (χ2v) is 9.39. The summed E-state index contributed by atoms with van der Waals surface area (Å²) in [6, 6.07) is 22.7. The molecule has 0 saturated carbocycles. The highest BCUT2D eigenvalue weighted by atomic mass is 32.2. The maximum Gasteiger partial charge on any atom is 0.283 e. The molecule has 7 nitrogen and oxygen atoms in total. The van der Waals surface area contributed by atoms with E-state index < -0.39 is 10.0 Å². The number of sulfonamides is 1. The Morgan fingerprint density at radius 2 is 1.79 bits per heavy atom. The van der Waals surface area contributed by atoms with Gasteiger partial charge >= 0.3 is 0 Å².